The SMILES string of the molecule is O=C(O)CCCCC(=O)O.O=C(O)c1ccc(C(=O)O)cc1.O=C1CCC(=O)OCCCCO1. The Bertz CT molecular complexity index is 760. The number of benzene rings is 1. The molecule has 12 heteroatoms. The molecule has 2 rings (SSSR count). The molecule has 0 bridgehead atoms. The molecule has 1 saturated heterocycles. The minimum atomic E-state index is -1.06. The van der Waals surface area contributed by atoms with E-state index in [1.54, 1.807) is 0 Å². The molecule has 188 valence electrons. The zero-order valence-corrected chi connectivity index (χ0v) is 18.4. The predicted octanol–water partition coefficient (Wildman–Crippen LogP) is 2.45. The van der Waals surface area contributed by atoms with E-state index < -0.39 is 23.9 Å². The zero-order valence-electron chi connectivity index (χ0n) is 18.4. The van der Waals surface area contributed by atoms with E-state index in [2.05, 4.69) is 0 Å². The van der Waals surface area contributed by atoms with Gasteiger partial charge in [0.2, 0.25) is 0 Å². The normalized spacial score (nSPS) is 13.4. The molecule has 1 heterocycles. The van der Waals surface area contributed by atoms with Crippen LogP contribution in [0.3, 0.4) is 0 Å². The van der Waals surface area contributed by atoms with E-state index in [-0.39, 0.29) is 48.7 Å². The van der Waals surface area contributed by atoms with Crippen LogP contribution in [0.1, 0.15) is 72.1 Å². The molecule has 1 aliphatic heterocycles. The van der Waals surface area contributed by atoms with Gasteiger partial charge in [0.1, 0.15) is 0 Å². The maximum absolute atomic E-state index is 10.8. The molecule has 0 unspecified atom stereocenters. The number of carbonyl (C=O) groups is 6. The third-order valence-corrected chi connectivity index (χ3v) is 4.01. The number of carboxylic acid groups (broad SMARTS) is 4. The number of ether oxygens (including phenoxy) is 2. The van der Waals surface area contributed by atoms with Crippen LogP contribution in [-0.2, 0) is 28.7 Å². The van der Waals surface area contributed by atoms with Crippen molar-refractivity contribution in [3.63, 3.8) is 0 Å². The molecule has 4 N–H and O–H groups in total. The van der Waals surface area contributed by atoms with Crippen molar-refractivity contribution in [3.05, 3.63) is 35.4 Å². The Morgan fingerprint density at radius 3 is 1.24 bits per heavy atom. The molecule has 12 nitrogen and oxygen atoms in total. The first-order valence-electron chi connectivity index (χ1n) is 10.3. The van der Waals surface area contributed by atoms with Gasteiger partial charge < -0.3 is 29.9 Å². The van der Waals surface area contributed by atoms with E-state index >= 15 is 0 Å². The van der Waals surface area contributed by atoms with E-state index in [1.165, 1.54) is 24.3 Å². The second kappa shape index (κ2) is 17.6. The van der Waals surface area contributed by atoms with Crippen LogP contribution in [0.5, 0.6) is 0 Å². The summed E-state index contributed by atoms with van der Waals surface area (Å²) in [6.45, 7) is 0.882. The summed E-state index contributed by atoms with van der Waals surface area (Å²) in [7, 11) is 0. The lowest BCUT2D eigenvalue weighted by Gasteiger charge is -2.08. The fourth-order valence-electron chi connectivity index (χ4n) is 2.23. The molecule has 0 spiro atoms. The Balaban J connectivity index is 0.000000484. The van der Waals surface area contributed by atoms with Crippen LogP contribution in [0.25, 0.3) is 0 Å². The number of rotatable bonds is 7. The fraction of sp³-hybridized carbons (Fsp3) is 0.455. The first-order valence-corrected chi connectivity index (χ1v) is 10.3. The van der Waals surface area contributed by atoms with Crippen molar-refractivity contribution in [1.29, 1.82) is 0 Å². The molecular formula is C22H28O12. The number of hydrogen-bond acceptors (Lipinski definition) is 8. The molecule has 0 amide bonds. The standard InChI is InChI=1S/C8H12O4.C8H6O4.C6H10O4/c9-7-3-4-8(10)12-6-2-1-5-11-7;9-7(10)5-1-2-6(4-3-5)8(11)12;7-5(8)3-1-2-4-6(9)10/h1-6H2;1-4H,(H,9,10)(H,11,12);1-4H2,(H,7,8)(H,9,10). The van der Waals surface area contributed by atoms with Gasteiger partial charge in [-0.05, 0) is 49.9 Å². The predicted molar refractivity (Wildman–Crippen MR) is 114 cm³/mol. The van der Waals surface area contributed by atoms with E-state index in [1.807, 2.05) is 0 Å². The lowest BCUT2D eigenvalue weighted by Crippen LogP contribution is -2.14. The molecule has 1 fully saturated rings. The van der Waals surface area contributed by atoms with Crippen molar-refractivity contribution in [3.8, 4) is 0 Å². The summed E-state index contributed by atoms with van der Waals surface area (Å²) in [4.78, 5) is 62.1. The summed E-state index contributed by atoms with van der Waals surface area (Å²) in [5.41, 5.74) is 0.167. The Kier molecular flexibility index (Phi) is 15.5. The van der Waals surface area contributed by atoms with E-state index in [4.69, 9.17) is 29.9 Å². The van der Waals surface area contributed by atoms with Crippen molar-refractivity contribution in [1.82, 2.24) is 0 Å². The van der Waals surface area contributed by atoms with Gasteiger partial charge in [0.05, 0.1) is 37.2 Å². The molecule has 0 radical (unpaired) electrons. The zero-order chi connectivity index (χ0) is 25.9. The third-order valence-electron chi connectivity index (χ3n) is 4.01. The van der Waals surface area contributed by atoms with Gasteiger partial charge in [-0.1, -0.05) is 0 Å². The number of carboxylic acids is 4. The van der Waals surface area contributed by atoms with Crippen LogP contribution in [0, 0.1) is 0 Å². The van der Waals surface area contributed by atoms with Crippen molar-refractivity contribution >= 4 is 35.8 Å². The van der Waals surface area contributed by atoms with Crippen LogP contribution >= 0.6 is 0 Å². The first kappa shape index (κ1) is 30.0. The van der Waals surface area contributed by atoms with Crippen molar-refractivity contribution in [2.75, 3.05) is 13.2 Å². The summed E-state index contributed by atoms with van der Waals surface area (Å²) >= 11 is 0. The average Bonchev–Trinajstić information content (AvgIpc) is 2.78. The van der Waals surface area contributed by atoms with Crippen molar-refractivity contribution < 1.29 is 58.7 Å². The molecule has 1 aromatic carbocycles. The van der Waals surface area contributed by atoms with Crippen LogP contribution in [0.4, 0.5) is 0 Å². The monoisotopic (exact) mass is 484 g/mol. The molecule has 0 aliphatic carbocycles. The summed E-state index contributed by atoms with van der Waals surface area (Å²) in [5, 5.41) is 33.2. The smallest absolute Gasteiger partial charge is 0.335 e. The Labute approximate surface area is 195 Å². The number of aromatic carboxylic acids is 2. The number of carbonyl (C=O) groups excluding carboxylic acids is 2. The minimum absolute atomic E-state index is 0.0628. The highest BCUT2D eigenvalue weighted by Crippen LogP contribution is 2.04. The van der Waals surface area contributed by atoms with Gasteiger partial charge in [-0.25, -0.2) is 9.59 Å². The van der Waals surface area contributed by atoms with Crippen LogP contribution < -0.4 is 0 Å². The molecular weight excluding hydrogens is 456 g/mol. The number of hydrogen-bond donors (Lipinski definition) is 4. The highest BCUT2D eigenvalue weighted by Gasteiger charge is 2.10. The maximum Gasteiger partial charge on any atom is 0.335 e. The third kappa shape index (κ3) is 16.7. The lowest BCUT2D eigenvalue weighted by atomic mass is 10.1. The largest absolute Gasteiger partial charge is 0.481 e. The van der Waals surface area contributed by atoms with Gasteiger partial charge >= 0.3 is 35.8 Å². The summed E-state index contributed by atoms with van der Waals surface area (Å²) in [6, 6.07) is 5.02. The summed E-state index contributed by atoms with van der Waals surface area (Å²) < 4.78 is 9.64. The quantitative estimate of drug-likeness (QED) is 0.326. The van der Waals surface area contributed by atoms with Crippen LogP contribution in [0.2, 0.25) is 0 Å². The minimum Gasteiger partial charge on any atom is -0.481 e. The van der Waals surface area contributed by atoms with Gasteiger partial charge in [0.25, 0.3) is 0 Å². The second-order valence-electron chi connectivity index (χ2n) is 6.83. The Morgan fingerprint density at radius 1 is 0.647 bits per heavy atom. The van der Waals surface area contributed by atoms with Gasteiger partial charge in [-0.3, -0.25) is 19.2 Å². The topological polar surface area (TPSA) is 202 Å². The number of unbranched alkanes of at least 4 members (excludes halogenated alkanes) is 1. The van der Waals surface area contributed by atoms with Gasteiger partial charge in [0, 0.05) is 12.8 Å². The lowest BCUT2D eigenvalue weighted by molar-refractivity contribution is -0.152. The van der Waals surface area contributed by atoms with Crippen molar-refractivity contribution in [2.24, 2.45) is 0 Å². The highest BCUT2D eigenvalue weighted by atomic mass is 16.5. The van der Waals surface area contributed by atoms with Crippen LogP contribution in [0.15, 0.2) is 24.3 Å². The number of esters is 2. The molecule has 0 atom stereocenters. The van der Waals surface area contributed by atoms with Crippen molar-refractivity contribution in [2.45, 2.75) is 51.4 Å². The number of aliphatic carboxylic acids is 2. The summed E-state index contributed by atoms with van der Waals surface area (Å²) in [5.74, 6) is -4.49. The summed E-state index contributed by atoms with van der Waals surface area (Å²) in [6.07, 6.45) is 2.82. The molecule has 0 aromatic heterocycles. The molecule has 1 aliphatic rings. The Hall–Kier alpha value is -3.96. The fourth-order valence-corrected chi connectivity index (χ4v) is 2.23. The molecule has 34 heavy (non-hydrogen) atoms. The Morgan fingerprint density at radius 2 is 0.971 bits per heavy atom. The average molecular weight is 484 g/mol. The first-order chi connectivity index (χ1) is 16.0. The van der Waals surface area contributed by atoms with Crippen LogP contribution in [-0.4, -0.2) is 69.5 Å². The van der Waals surface area contributed by atoms with E-state index in [9.17, 15) is 28.8 Å². The van der Waals surface area contributed by atoms with E-state index in [0.29, 0.717) is 26.1 Å². The van der Waals surface area contributed by atoms with E-state index in [0.717, 1.165) is 12.8 Å². The van der Waals surface area contributed by atoms with Gasteiger partial charge in [0.15, 0.2) is 0 Å². The number of cyclic esters (lactones) is 2. The van der Waals surface area contributed by atoms with Gasteiger partial charge in [-0.2, -0.15) is 0 Å². The molecule has 1 aromatic rings. The molecule has 0 saturated carbocycles. The van der Waals surface area contributed by atoms with Gasteiger partial charge in [-0.15, -0.1) is 0 Å². The maximum atomic E-state index is 10.8. The second-order valence-corrected chi connectivity index (χ2v) is 6.83. The highest BCUT2D eigenvalue weighted by molar-refractivity contribution is 5.91.